The molecule has 71 heavy (non-hydrogen) atoms. The summed E-state index contributed by atoms with van der Waals surface area (Å²) >= 11 is 0. The number of amides is 11. The number of carbonyl (C=O) groups is 12. The normalized spacial score (nSPS) is 24.5. The lowest BCUT2D eigenvalue weighted by Crippen LogP contribution is -2.63. The van der Waals surface area contributed by atoms with E-state index in [0.717, 1.165) is 0 Å². The van der Waals surface area contributed by atoms with E-state index in [-0.39, 0.29) is 62.8 Å². The average molecular weight is 999 g/mol. The second-order valence-corrected chi connectivity index (χ2v) is 18.6. The lowest BCUT2D eigenvalue weighted by atomic mass is 9.90. The van der Waals surface area contributed by atoms with Crippen molar-refractivity contribution < 1.29 is 62.6 Å². The minimum atomic E-state index is -1.76. The minimum absolute atomic E-state index is 0.0143. The molecule has 392 valence electrons. The first-order valence-electron chi connectivity index (χ1n) is 23.6. The van der Waals surface area contributed by atoms with Gasteiger partial charge in [0.1, 0.15) is 41.7 Å². The maximum atomic E-state index is 14.1. The molecular weight excluding hydrogens is 929 g/mol. The number of phenols is 1. The monoisotopic (exact) mass is 999 g/mol. The highest BCUT2D eigenvalue weighted by Crippen LogP contribution is 2.41. The molecule has 3 rings (SSSR count). The molecule has 16 N–H and O–H groups in total. The van der Waals surface area contributed by atoms with Crippen LogP contribution in [0.3, 0.4) is 0 Å². The number of hydrogen-bond acceptors (Lipinski definition) is 14. The number of hydrogen-bond donors (Lipinski definition) is 13. The fourth-order valence-electron chi connectivity index (χ4n) is 7.90. The number of carbonyl (C=O) groups excluding carboxylic acids is 12. The highest BCUT2D eigenvalue weighted by Gasteiger charge is 2.44. The van der Waals surface area contributed by atoms with E-state index < -0.39 is 145 Å². The van der Waals surface area contributed by atoms with Crippen LogP contribution in [-0.4, -0.2) is 138 Å². The van der Waals surface area contributed by atoms with E-state index in [1.165, 1.54) is 24.3 Å². The number of rotatable bonds is 21. The van der Waals surface area contributed by atoms with Crippen LogP contribution in [0.2, 0.25) is 0 Å². The van der Waals surface area contributed by atoms with Crippen molar-refractivity contribution in [2.75, 3.05) is 26.2 Å². The minimum Gasteiger partial charge on any atom is -0.508 e. The van der Waals surface area contributed by atoms with Crippen molar-refractivity contribution in [3.05, 3.63) is 29.8 Å². The summed E-state index contributed by atoms with van der Waals surface area (Å²) in [5.74, 6) is -10.1. The summed E-state index contributed by atoms with van der Waals surface area (Å²) in [6, 6.07) is -1.06. The largest absolute Gasteiger partial charge is 0.508 e. The third-order valence-corrected chi connectivity index (χ3v) is 12.1. The van der Waals surface area contributed by atoms with Gasteiger partial charge >= 0.3 is 0 Å². The molecule has 1 saturated carbocycles. The van der Waals surface area contributed by atoms with Crippen LogP contribution in [0.25, 0.3) is 0 Å². The Kier molecular flexibility index (Phi) is 22.8. The number of primary amides is 3. The highest BCUT2D eigenvalue weighted by atomic mass is 16.3. The molecule has 1 heterocycles. The molecule has 1 aromatic carbocycles. The van der Waals surface area contributed by atoms with Crippen LogP contribution in [0.1, 0.15) is 91.0 Å². The lowest BCUT2D eigenvalue weighted by molar-refractivity contribution is -0.136. The van der Waals surface area contributed by atoms with Gasteiger partial charge in [-0.15, -0.1) is 0 Å². The zero-order valence-corrected chi connectivity index (χ0v) is 40.6. The quantitative estimate of drug-likeness (QED) is 0.0520. The predicted octanol–water partition coefficient (Wildman–Crippen LogP) is -4.23. The fraction of sp³-hybridized carbons (Fsp3) is 0.609. The molecule has 1 saturated heterocycles. The van der Waals surface area contributed by atoms with Crippen LogP contribution >= 0.6 is 0 Å². The Morgan fingerprint density at radius 2 is 1.49 bits per heavy atom. The molecular formula is C46H70N12O13. The van der Waals surface area contributed by atoms with Crippen LogP contribution in [0.4, 0.5) is 0 Å². The summed E-state index contributed by atoms with van der Waals surface area (Å²) < 4.78 is 0. The van der Waals surface area contributed by atoms with Crippen LogP contribution in [0, 0.1) is 23.7 Å². The number of aldehydes is 1. The third kappa shape index (κ3) is 20.0. The van der Waals surface area contributed by atoms with Gasteiger partial charge in [0.05, 0.1) is 25.6 Å². The summed E-state index contributed by atoms with van der Waals surface area (Å²) in [5, 5.41) is 33.2. The Hall–Kier alpha value is -7.18. The molecule has 25 heteroatoms. The van der Waals surface area contributed by atoms with Gasteiger partial charge in [0, 0.05) is 38.3 Å². The molecule has 0 aromatic heterocycles. The molecule has 2 fully saturated rings. The van der Waals surface area contributed by atoms with Gasteiger partial charge in [-0.25, -0.2) is 0 Å². The van der Waals surface area contributed by atoms with E-state index in [4.69, 9.17) is 17.2 Å². The van der Waals surface area contributed by atoms with Crippen molar-refractivity contribution in [1.29, 1.82) is 0 Å². The van der Waals surface area contributed by atoms with E-state index in [0.29, 0.717) is 24.7 Å². The zero-order chi connectivity index (χ0) is 53.0. The molecule has 9 unspecified atom stereocenters. The lowest BCUT2D eigenvalue weighted by Gasteiger charge is -2.34. The van der Waals surface area contributed by atoms with E-state index >= 15 is 0 Å². The fourth-order valence-corrected chi connectivity index (χ4v) is 7.90. The van der Waals surface area contributed by atoms with Crippen LogP contribution in [0.5, 0.6) is 5.75 Å². The molecule has 2 aliphatic rings. The maximum Gasteiger partial charge on any atom is 0.243 e. The van der Waals surface area contributed by atoms with Gasteiger partial charge in [-0.1, -0.05) is 46.2 Å². The van der Waals surface area contributed by atoms with Gasteiger partial charge < -0.3 is 75.0 Å². The summed E-state index contributed by atoms with van der Waals surface area (Å²) in [7, 11) is 0. The molecule has 0 radical (unpaired) electrons. The molecule has 1 aromatic rings. The van der Waals surface area contributed by atoms with E-state index in [1.807, 2.05) is 13.8 Å². The molecule has 25 nitrogen and oxygen atoms in total. The van der Waals surface area contributed by atoms with Gasteiger partial charge in [-0.3, -0.25) is 52.7 Å². The van der Waals surface area contributed by atoms with Crippen molar-refractivity contribution in [1.82, 2.24) is 47.9 Å². The first-order chi connectivity index (χ1) is 33.5. The Morgan fingerprint density at radius 1 is 0.831 bits per heavy atom. The zero-order valence-electron chi connectivity index (χ0n) is 40.6. The van der Waals surface area contributed by atoms with Gasteiger partial charge in [0.25, 0.3) is 0 Å². The highest BCUT2D eigenvalue weighted by molar-refractivity contribution is 5.97. The first kappa shape index (κ1) is 58.1. The maximum absolute atomic E-state index is 14.1. The topological polar surface area (TPSA) is 411 Å². The number of benzene rings is 1. The first-order valence-corrected chi connectivity index (χ1v) is 23.6. The number of aromatic hydroxyl groups is 1. The second-order valence-electron chi connectivity index (χ2n) is 18.6. The van der Waals surface area contributed by atoms with Gasteiger partial charge in [0.15, 0.2) is 0 Å². The van der Waals surface area contributed by atoms with Crippen molar-refractivity contribution in [2.24, 2.45) is 40.9 Å². The van der Waals surface area contributed by atoms with E-state index in [1.54, 1.807) is 13.8 Å². The van der Waals surface area contributed by atoms with E-state index in [9.17, 15) is 62.6 Å². The average Bonchev–Trinajstić information content (AvgIpc) is 4.09. The number of phenolic OH excluding ortho intramolecular Hbond substituents is 1. The summed E-state index contributed by atoms with van der Waals surface area (Å²) in [4.78, 5) is 157. The van der Waals surface area contributed by atoms with Gasteiger partial charge in [-0.2, -0.15) is 0 Å². The van der Waals surface area contributed by atoms with Crippen molar-refractivity contribution in [3.8, 4) is 5.75 Å². The Balaban J connectivity index is 1.91. The molecule has 1 aliphatic carbocycles. The molecule has 1 aliphatic heterocycles. The second kappa shape index (κ2) is 27.9. The molecule has 11 amide bonds. The number of nitrogens with one attached hydrogen (secondary N) is 9. The van der Waals surface area contributed by atoms with E-state index in [2.05, 4.69) is 47.9 Å². The predicted molar refractivity (Wildman–Crippen MR) is 253 cm³/mol. The molecule has 0 bridgehead atoms. The van der Waals surface area contributed by atoms with Gasteiger partial charge in [0.2, 0.25) is 65.0 Å². The van der Waals surface area contributed by atoms with Crippen molar-refractivity contribution >= 4 is 71.3 Å². The van der Waals surface area contributed by atoms with Crippen LogP contribution in [-0.2, 0) is 64.0 Å². The summed E-state index contributed by atoms with van der Waals surface area (Å²) in [6.07, 6.45) is -0.698. The third-order valence-electron chi connectivity index (χ3n) is 12.1. The number of nitrogens with two attached hydrogens (primary N) is 3. The summed E-state index contributed by atoms with van der Waals surface area (Å²) in [6.45, 7) is 5.77. The SMILES string of the molecule is CCC(C)C1NCC(C=O)(Cc2ccc(O)cc2)NC(=O)CNC(=O)CCC(C(=O)NCCC2CC2C(=O)NC(CC(C)C)C(=O)NCC(N)=O)NC(=O)C(CC(N)=O)NC(=O)C(CCC(N)=O)NC1=O. The molecule has 0 spiro atoms. The standard InChI is InChI=1S/C46H70N12O13/c1-5-25(4)39-45(71)55-31(10-12-34(47)61)43(69)57-33(18-35(48)62)44(70)54-30(11-13-37(64)51-21-38(65)58-46(23-59,22-53-39)19-26-6-8-28(60)9-7-26)41(67)50-15-14-27-17-29(27)40(66)56-32(16-24(2)3)42(68)52-20-36(49)63/h6-9,23-25,27,29-33,39,53,60H,5,10-22H2,1-4H3,(H2,47,61)(H2,48,62)(H2,49,63)(H,50,67)(H,51,64)(H,52,68)(H,54,70)(H,55,71)(H,56,66)(H,57,69)(H,58,65). The van der Waals surface area contributed by atoms with Gasteiger partial charge in [-0.05, 0) is 67.6 Å². The smallest absolute Gasteiger partial charge is 0.243 e. The van der Waals surface area contributed by atoms with Crippen molar-refractivity contribution in [3.63, 3.8) is 0 Å². The summed E-state index contributed by atoms with van der Waals surface area (Å²) in [5.41, 5.74) is 14.7. The Bertz CT molecular complexity index is 2120. The van der Waals surface area contributed by atoms with Crippen LogP contribution < -0.4 is 65.1 Å². The Morgan fingerprint density at radius 3 is 2.10 bits per heavy atom. The Labute approximate surface area is 411 Å². The molecule has 9 atom stereocenters. The van der Waals surface area contributed by atoms with Crippen LogP contribution in [0.15, 0.2) is 24.3 Å². The van der Waals surface area contributed by atoms with Crippen molar-refractivity contribution in [2.45, 2.75) is 128 Å².